The van der Waals surface area contributed by atoms with Crippen molar-refractivity contribution in [2.75, 3.05) is 13.1 Å². The summed E-state index contributed by atoms with van der Waals surface area (Å²) in [7, 11) is 0. The predicted molar refractivity (Wildman–Crippen MR) is 107 cm³/mol. The summed E-state index contributed by atoms with van der Waals surface area (Å²) < 4.78 is 26.8. The summed E-state index contributed by atoms with van der Waals surface area (Å²) in [6, 6.07) is 7.36. The number of guanidine groups is 1. The molecule has 1 aromatic carbocycles. The lowest BCUT2D eigenvalue weighted by Gasteiger charge is -2.12. The molecule has 1 aromatic heterocycles. The number of pyridine rings is 1. The van der Waals surface area contributed by atoms with Crippen molar-refractivity contribution in [1.82, 2.24) is 15.6 Å². The van der Waals surface area contributed by atoms with Gasteiger partial charge < -0.3 is 10.6 Å². The first-order valence-corrected chi connectivity index (χ1v) is 7.96. The van der Waals surface area contributed by atoms with E-state index in [9.17, 15) is 8.78 Å². The molecule has 0 amide bonds. The smallest absolute Gasteiger partial charge is 0.191 e. The van der Waals surface area contributed by atoms with Crippen LogP contribution in [0.3, 0.4) is 0 Å². The van der Waals surface area contributed by atoms with Crippen LogP contribution in [0.25, 0.3) is 0 Å². The van der Waals surface area contributed by atoms with E-state index in [2.05, 4.69) is 20.6 Å². The van der Waals surface area contributed by atoms with E-state index in [0.717, 1.165) is 23.4 Å². The molecule has 2 aromatic rings. The van der Waals surface area contributed by atoms with Crippen LogP contribution in [0.1, 0.15) is 23.7 Å². The average Bonchev–Trinajstić information content (AvgIpc) is 2.57. The molecular weight excluding hydrogens is 437 g/mol. The molecule has 0 atom stereocenters. The molecule has 25 heavy (non-hydrogen) atoms. The Balaban J connectivity index is 0.00000312. The van der Waals surface area contributed by atoms with Gasteiger partial charge in [0.2, 0.25) is 0 Å². The van der Waals surface area contributed by atoms with E-state index in [1.807, 2.05) is 26.0 Å². The SMILES string of the molecule is CCNC(=NCc1ncccc1C)NCCc1cc(F)ccc1F.I. The van der Waals surface area contributed by atoms with Crippen LogP contribution in [0, 0.1) is 18.6 Å². The number of rotatable bonds is 6. The molecule has 0 aliphatic rings. The minimum atomic E-state index is -0.433. The summed E-state index contributed by atoms with van der Waals surface area (Å²) in [5, 5.41) is 6.26. The Morgan fingerprint density at radius 1 is 1.20 bits per heavy atom. The molecule has 0 saturated carbocycles. The van der Waals surface area contributed by atoms with Gasteiger partial charge >= 0.3 is 0 Å². The lowest BCUT2D eigenvalue weighted by molar-refractivity contribution is 0.583. The normalized spacial score (nSPS) is 11.0. The van der Waals surface area contributed by atoms with Crippen LogP contribution in [0.15, 0.2) is 41.5 Å². The number of hydrogen-bond donors (Lipinski definition) is 2. The number of aromatic nitrogens is 1. The minimum absolute atomic E-state index is 0. The second kappa shape index (κ2) is 11.0. The Labute approximate surface area is 164 Å². The van der Waals surface area contributed by atoms with Crippen LogP contribution in [0.2, 0.25) is 0 Å². The molecule has 7 heteroatoms. The number of halogens is 3. The van der Waals surface area contributed by atoms with Gasteiger partial charge in [-0.25, -0.2) is 13.8 Å². The maximum absolute atomic E-state index is 13.6. The number of benzene rings is 1. The van der Waals surface area contributed by atoms with Gasteiger partial charge in [0.1, 0.15) is 11.6 Å². The minimum Gasteiger partial charge on any atom is -0.357 e. The quantitative estimate of drug-likeness (QED) is 0.394. The summed E-state index contributed by atoms with van der Waals surface area (Å²) >= 11 is 0. The largest absolute Gasteiger partial charge is 0.357 e. The van der Waals surface area contributed by atoms with Gasteiger partial charge in [0, 0.05) is 19.3 Å². The molecule has 0 bridgehead atoms. The fourth-order valence-corrected chi connectivity index (χ4v) is 2.23. The summed E-state index contributed by atoms with van der Waals surface area (Å²) in [5.41, 5.74) is 2.34. The Bertz CT molecular complexity index is 707. The molecule has 0 radical (unpaired) electrons. The van der Waals surface area contributed by atoms with Gasteiger partial charge in [-0.15, -0.1) is 24.0 Å². The van der Waals surface area contributed by atoms with Crippen molar-refractivity contribution in [3.8, 4) is 0 Å². The third-order valence-electron chi connectivity index (χ3n) is 3.54. The molecule has 0 aliphatic carbocycles. The van der Waals surface area contributed by atoms with Gasteiger partial charge in [0.05, 0.1) is 12.2 Å². The van der Waals surface area contributed by atoms with E-state index >= 15 is 0 Å². The Hall–Kier alpha value is -1.77. The van der Waals surface area contributed by atoms with Crippen molar-refractivity contribution in [3.63, 3.8) is 0 Å². The fourth-order valence-electron chi connectivity index (χ4n) is 2.23. The van der Waals surface area contributed by atoms with Crippen LogP contribution >= 0.6 is 24.0 Å². The third-order valence-corrected chi connectivity index (χ3v) is 3.54. The maximum Gasteiger partial charge on any atom is 0.191 e. The summed E-state index contributed by atoms with van der Waals surface area (Å²) in [6.45, 7) is 5.57. The number of nitrogens with one attached hydrogen (secondary N) is 2. The van der Waals surface area contributed by atoms with Gasteiger partial charge in [-0.1, -0.05) is 6.07 Å². The monoisotopic (exact) mass is 460 g/mol. The topological polar surface area (TPSA) is 49.3 Å². The Morgan fingerprint density at radius 3 is 2.72 bits per heavy atom. The summed E-state index contributed by atoms with van der Waals surface area (Å²) in [5.74, 6) is -0.207. The van der Waals surface area contributed by atoms with Gasteiger partial charge in [0.25, 0.3) is 0 Å². The molecule has 0 fully saturated rings. The van der Waals surface area contributed by atoms with Gasteiger partial charge in [-0.2, -0.15) is 0 Å². The molecular formula is C18H23F2IN4. The van der Waals surface area contributed by atoms with E-state index in [1.54, 1.807) is 6.20 Å². The first kappa shape index (κ1) is 21.3. The van der Waals surface area contributed by atoms with Crippen molar-refractivity contribution < 1.29 is 8.78 Å². The van der Waals surface area contributed by atoms with Gasteiger partial charge in [-0.3, -0.25) is 4.98 Å². The second-order valence-electron chi connectivity index (χ2n) is 5.37. The van der Waals surface area contributed by atoms with Gasteiger partial charge in [0.15, 0.2) is 5.96 Å². The first-order valence-electron chi connectivity index (χ1n) is 7.96. The molecule has 0 spiro atoms. The van der Waals surface area contributed by atoms with E-state index in [1.165, 1.54) is 6.07 Å². The molecule has 4 nitrogen and oxygen atoms in total. The fraction of sp³-hybridized carbons (Fsp3) is 0.333. The standard InChI is InChI=1S/C18H22F2N4.HI/c1-3-21-18(24-12-17-13(2)5-4-9-22-17)23-10-8-14-11-15(19)6-7-16(14)20;/h4-7,9,11H,3,8,10,12H2,1-2H3,(H2,21,23,24);1H. The molecule has 1 heterocycles. The van der Waals surface area contributed by atoms with Crippen molar-refractivity contribution in [3.05, 3.63) is 65.0 Å². The zero-order chi connectivity index (χ0) is 17.4. The number of hydrogen-bond acceptors (Lipinski definition) is 2. The van der Waals surface area contributed by atoms with Crippen molar-refractivity contribution in [2.24, 2.45) is 4.99 Å². The van der Waals surface area contributed by atoms with Crippen molar-refractivity contribution in [1.29, 1.82) is 0 Å². The molecule has 136 valence electrons. The van der Waals surface area contributed by atoms with E-state index in [-0.39, 0.29) is 24.0 Å². The zero-order valence-corrected chi connectivity index (χ0v) is 16.7. The number of nitrogens with zero attached hydrogens (tertiary/aromatic N) is 2. The van der Waals surface area contributed by atoms with E-state index in [0.29, 0.717) is 37.6 Å². The Kier molecular flexibility index (Phi) is 9.33. The third kappa shape index (κ3) is 6.93. The van der Waals surface area contributed by atoms with Crippen LogP contribution in [-0.2, 0) is 13.0 Å². The summed E-state index contributed by atoms with van der Waals surface area (Å²) in [4.78, 5) is 8.79. The Morgan fingerprint density at radius 2 is 2.00 bits per heavy atom. The molecule has 2 N–H and O–H groups in total. The van der Waals surface area contributed by atoms with Crippen LogP contribution < -0.4 is 10.6 Å². The van der Waals surface area contributed by atoms with Crippen LogP contribution in [-0.4, -0.2) is 24.0 Å². The highest BCUT2D eigenvalue weighted by atomic mass is 127. The lowest BCUT2D eigenvalue weighted by atomic mass is 10.1. The van der Waals surface area contributed by atoms with Crippen LogP contribution in [0.4, 0.5) is 8.78 Å². The summed E-state index contributed by atoms with van der Waals surface area (Å²) in [6.07, 6.45) is 2.11. The van der Waals surface area contributed by atoms with Crippen molar-refractivity contribution >= 4 is 29.9 Å². The van der Waals surface area contributed by atoms with E-state index in [4.69, 9.17) is 0 Å². The molecule has 0 saturated heterocycles. The first-order chi connectivity index (χ1) is 11.6. The predicted octanol–water partition coefficient (Wildman–Crippen LogP) is 3.58. The van der Waals surface area contributed by atoms with E-state index < -0.39 is 11.6 Å². The molecule has 2 rings (SSSR count). The highest BCUT2D eigenvalue weighted by Crippen LogP contribution is 2.09. The zero-order valence-electron chi connectivity index (χ0n) is 14.4. The lowest BCUT2D eigenvalue weighted by Crippen LogP contribution is -2.38. The van der Waals surface area contributed by atoms with Crippen molar-refractivity contribution in [2.45, 2.75) is 26.8 Å². The second-order valence-corrected chi connectivity index (χ2v) is 5.37. The molecule has 0 unspecified atom stereocenters. The maximum atomic E-state index is 13.6. The number of aliphatic imine (C=N–C) groups is 1. The highest BCUT2D eigenvalue weighted by molar-refractivity contribution is 14.0. The van der Waals surface area contributed by atoms with Gasteiger partial charge in [-0.05, 0) is 55.7 Å². The van der Waals surface area contributed by atoms with Crippen LogP contribution in [0.5, 0.6) is 0 Å². The number of aryl methyl sites for hydroxylation is 1. The molecule has 0 aliphatic heterocycles. The average molecular weight is 460 g/mol. The highest BCUT2D eigenvalue weighted by Gasteiger charge is 2.05.